The first-order valence-electron chi connectivity index (χ1n) is 27.3. The van der Waals surface area contributed by atoms with Crippen LogP contribution in [0.5, 0.6) is 0 Å². The van der Waals surface area contributed by atoms with E-state index in [2.05, 4.69) is 233 Å². The minimum atomic E-state index is 0. The summed E-state index contributed by atoms with van der Waals surface area (Å²) in [5.41, 5.74) is 24.8. The first-order valence-corrected chi connectivity index (χ1v) is 27.3. The van der Waals surface area contributed by atoms with Crippen molar-refractivity contribution in [3.8, 4) is 100 Å². The summed E-state index contributed by atoms with van der Waals surface area (Å²) in [5, 5.41) is 3.86. The smallest absolute Gasteiger partial charge is 0.314 e. The minimum Gasteiger partial charge on any atom is -0.314 e. The van der Waals surface area contributed by atoms with Crippen molar-refractivity contribution in [1.82, 2.24) is 33.7 Å². The standard InChI is InChI=1S/C75H44N7.Ir/c1-2-12-48(13-3-1)49-22-24-50(25-23-49)53-34-37-76-69(47-53)52-28-26-51(27-29-52)59-14-4-7-17-62(59)56-42-57(63-18-8-5-15-60(63)54-30-32-65-67(45-54)74-79-38-40-81(74)70-20-10-35-77-72(65)70)44-58(43-56)64-19-9-6-16-61(64)55-31-33-66-68(46-55)75-80-39-41-82(75)71-21-11-36-78-73(66)71;/h1-28,30-31,34-47H;/q-3;+3. The normalized spacial score (nSPS) is 11.5. The third-order valence-corrected chi connectivity index (χ3v) is 16.0. The van der Waals surface area contributed by atoms with Gasteiger partial charge in [-0.25, -0.2) is 9.97 Å². The van der Waals surface area contributed by atoms with Crippen LogP contribution in [0.3, 0.4) is 0 Å². The zero-order chi connectivity index (χ0) is 54.1. The molecule has 0 amide bonds. The Kier molecular flexibility index (Phi) is 12.3. The number of imidazole rings is 2. The number of fused-ring (bicyclic) bond motifs is 12. The van der Waals surface area contributed by atoms with E-state index in [9.17, 15) is 0 Å². The van der Waals surface area contributed by atoms with Gasteiger partial charge >= 0.3 is 20.1 Å². The molecule has 7 aromatic heterocycles. The van der Waals surface area contributed by atoms with Gasteiger partial charge in [-0.15, -0.1) is 77.0 Å². The zero-order valence-electron chi connectivity index (χ0n) is 44.4. The third kappa shape index (κ3) is 8.59. The summed E-state index contributed by atoms with van der Waals surface area (Å²) >= 11 is 0. The van der Waals surface area contributed by atoms with Crippen LogP contribution in [0.25, 0.3) is 155 Å². The number of nitrogens with zero attached hydrogens (tertiary/aromatic N) is 7. The maximum atomic E-state index is 4.86. The Morgan fingerprint density at radius 1 is 0.289 bits per heavy atom. The minimum absolute atomic E-state index is 0. The largest absolute Gasteiger partial charge is 3.00 e. The Hall–Kier alpha value is -10.5. The van der Waals surface area contributed by atoms with Gasteiger partial charge in [-0.2, -0.15) is 0 Å². The van der Waals surface area contributed by atoms with Crippen LogP contribution < -0.4 is 0 Å². The third-order valence-electron chi connectivity index (χ3n) is 16.0. The Labute approximate surface area is 491 Å². The van der Waals surface area contributed by atoms with Gasteiger partial charge in [0.1, 0.15) is 11.3 Å². The number of aromatic nitrogens is 7. The molecule has 83 heavy (non-hydrogen) atoms. The Morgan fingerprint density at radius 3 is 1.22 bits per heavy atom. The molecule has 0 N–H and O–H groups in total. The summed E-state index contributed by atoms with van der Waals surface area (Å²) < 4.78 is 4.24. The molecule has 0 saturated carbocycles. The number of pyridine rings is 5. The van der Waals surface area contributed by atoms with Crippen LogP contribution in [0.4, 0.5) is 0 Å². The van der Waals surface area contributed by atoms with Gasteiger partial charge in [0.15, 0.2) is 0 Å². The van der Waals surface area contributed by atoms with Crippen LogP contribution in [-0.2, 0) is 20.1 Å². The predicted molar refractivity (Wildman–Crippen MR) is 333 cm³/mol. The first kappa shape index (κ1) is 49.5. The van der Waals surface area contributed by atoms with E-state index in [0.29, 0.717) is 0 Å². The predicted octanol–water partition coefficient (Wildman–Crippen LogP) is 18.2. The molecule has 0 bridgehead atoms. The summed E-state index contributed by atoms with van der Waals surface area (Å²) in [4.78, 5) is 24.2. The summed E-state index contributed by atoms with van der Waals surface area (Å²) in [6.45, 7) is 0. The van der Waals surface area contributed by atoms with Crippen molar-refractivity contribution < 1.29 is 20.1 Å². The topological polar surface area (TPSA) is 73.3 Å². The Balaban J connectivity index is 0.00000588. The average molecular weight is 1240 g/mol. The van der Waals surface area contributed by atoms with Crippen LogP contribution in [0.1, 0.15) is 0 Å². The first-order chi connectivity index (χ1) is 40.6. The van der Waals surface area contributed by atoms with Crippen molar-refractivity contribution in [3.63, 3.8) is 0 Å². The molecule has 0 fully saturated rings. The second-order valence-electron chi connectivity index (χ2n) is 20.6. The SMILES string of the molecule is [Ir+3].[c-]1cc(-c2ccccc2-c2cc(-c3ccccc3-c3c[c-]c4c(c3)c3nccn3c3cccnc43)cc(-c3ccccc3-c3c[c-]c4c(c3)c3nccn3c3cccnc43)c2)ccc1-c1cc(-c2ccc(-c3ccccc3)cc2)ccn1. The molecule has 0 aliphatic rings. The molecule has 8 heteroatoms. The van der Waals surface area contributed by atoms with Crippen LogP contribution in [0, 0.1) is 18.2 Å². The fourth-order valence-corrected chi connectivity index (χ4v) is 12.1. The van der Waals surface area contributed by atoms with E-state index in [1.165, 1.54) is 11.1 Å². The molecule has 16 aromatic rings. The molecule has 0 aliphatic heterocycles. The van der Waals surface area contributed by atoms with Crippen LogP contribution in [0.2, 0.25) is 0 Å². The van der Waals surface area contributed by atoms with E-state index in [1.54, 1.807) is 0 Å². The van der Waals surface area contributed by atoms with Crippen LogP contribution >= 0.6 is 0 Å². The van der Waals surface area contributed by atoms with E-state index < -0.39 is 0 Å². The number of hydrogen-bond acceptors (Lipinski definition) is 5. The van der Waals surface area contributed by atoms with Crippen molar-refractivity contribution in [2.24, 2.45) is 0 Å². The van der Waals surface area contributed by atoms with Gasteiger partial charge < -0.3 is 23.8 Å². The molecule has 0 unspecified atom stereocenters. The van der Waals surface area contributed by atoms with E-state index in [4.69, 9.17) is 24.9 Å². The van der Waals surface area contributed by atoms with Crippen molar-refractivity contribution in [1.29, 1.82) is 0 Å². The average Bonchev–Trinajstić information content (AvgIpc) is 3.28. The van der Waals surface area contributed by atoms with Crippen molar-refractivity contribution in [3.05, 3.63) is 286 Å². The molecule has 0 aliphatic carbocycles. The van der Waals surface area contributed by atoms with Crippen molar-refractivity contribution in [2.45, 2.75) is 0 Å². The molecular formula is C75H44IrN7. The molecule has 9 aromatic carbocycles. The van der Waals surface area contributed by atoms with Gasteiger partial charge in [0, 0.05) is 65.4 Å². The Morgan fingerprint density at radius 2 is 0.723 bits per heavy atom. The van der Waals surface area contributed by atoms with Gasteiger partial charge in [-0.3, -0.25) is 0 Å². The molecule has 388 valence electrons. The van der Waals surface area contributed by atoms with Gasteiger partial charge in [-0.05, 0) is 110 Å². The van der Waals surface area contributed by atoms with Crippen molar-refractivity contribution >= 4 is 54.9 Å². The second kappa shape index (κ2) is 20.6. The summed E-state index contributed by atoms with van der Waals surface area (Å²) in [7, 11) is 0. The zero-order valence-corrected chi connectivity index (χ0v) is 46.8. The summed E-state index contributed by atoms with van der Waals surface area (Å²) in [6, 6.07) is 90.8. The van der Waals surface area contributed by atoms with E-state index in [-0.39, 0.29) is 20.1 Å². The monoisotopic (exact) mass is 1240 g/mol. The number of hydrogen-bond donors (Lipinski definition) is 0. The van der Waals surface area contributed by atoms with Gasteiger partial charge in [0.05, 0.1) is 0 Å². The molecule has 7 nitrogen and oxygen atoms in total. The van der Waals surface area contributed by atoms with Crippen LogP contribution in [0.15, 0.2) is 268 Å². The molecule has 7 heterocycles. The second-order valence-corrected chi connectivity index (χ2v) is 20.6. The molecule has 0 saturated heterocycles. The molecule has 0 radical (unpaired) electrons. The molecular weight excluding hydrogens is 1190 g/mol. The fraction of sp³-hybridized carbons (Fsp3) is 0. The molecule has 16 rings (SSSR count). The van der Waals surface area contributed by atoms with Crippen LogP contribution in [-0.4, -0.2) is 33.7 Å². The van der Waals surface area contributed by atoms with E-state index in [0.717, 1.165) is 144 Å². The van der Waals surface area contributed by atoms with Crippen molar-refractivity contribution in [2.75, 3.05) is 0 Å². The summed E-state index contributed by atoms with van der Waals surface area (Å²) in [5.74, 6) is 0. The van der Waals surface area contributed by atoms with E-state index >= 15 is 0 Å². The quantitative estimate of drug-likeness (QED) is 0.106. The number of benzene rings is 9. The maximum absolute atomic E-state index is 4.86. The maximum Gasteiger partial charge on any atom is 3.00 e. The van der Waals surface area contributed by atoms with E-state index in [1.807, 2.05) is 61.6 Å². The molecule has 0 spiro atoms. The molecule has 0 atom stereocenters. The number of rotatable bonds is 9. The fourth-order valence-electron chi connectivity index (χ4n) is 12.1. The van der Waals surface area contributed by atoms with Gasteiger partial charge in [0.2, 0.25) is 0 Å². The van der Waals surface area contributed by atoms with Gasteiger partial charge in [0.25, 0.3) is 0 Å². The Bertz CT molecular complexity index is 4950. The summed E-state index contributed by atoms with van der Waals surface area (Å²) in [6.07, 6.45) is 13.3. The van der Waals surface area contributed by atoms with Gasteiger partial charge in [-0.1, -0.05) is 178 Å².